The molecule has 0 radical (unpaired) electrons. The number of amides is 1. The van der Waals surface area contributed by atoms with E-state index in [1.54, 1.807) is 23.5 Å². The van der Waals surface area contributed by atoms with Crippen LogP contribution in [0.25, 0.3) is 0 Å². The highest BCUT2D eigenvalue weighted by molar-refractivity contribution is 7.92. The van der Waals surface area contributed by atoms with Crippen molar-refractivity contribution in [2.24, 2.45) is 0 Å². The van der Waals surface area contributed by atoms with Crippen LogP contribution in [0.15, 0.2) is 29.3 Å². The first kappa shape index (κ1) is 29.2. The van der Waals surface area contributed by atoms with E-state index in [1.165, 1.54) is 23.8 Å². The van der Waals surface area contributed by atoms with Crippen LogP contribution < -0.4 is 19.9 Å². The molecule has 1 atom stereocenters. The van der Waals surface area contributed by atoms with Gasteiger partial charge in [0.15, 0.2) is 21.4 Å². The molecule has 1 aromatic carbocycles. The first-order chi connectivity index (χ1) is 19.4. The molecule has 11 nitrogen and oxygen atoms in total. The number of sulfone groups is 1. The number of halogens is 4. The van der Waals surface area contributed by atoms with Gasteiger partial charge in [0.1, 0.15) is 12.6 Å². The molecule has 0 bridgehead atoms. The number of nitrogens with one attached hydrogen (secondary N) is 1. The molecule has 2 aromatic rings. The van der Waals surface area contributed by atoms with Gasteiger partial charge in [-0.3, -0.25) is 4.90 Å². The number of nitrogens with zero attached hydrogens (tertiary/aromatic N) is 6. The maximum Gasteiger partial charge on any atom is 0.413 e. The molecule has 1 saturated carbocycles. The third-order valence-corrected chi connectivity index (χ3v) is 9.98. The fourth-order valence-corrected chi connectivity index (χ4v) is 7.31. The molecule has 2 saturated heterocycles. The molecular formula is C25H27ClF3N7O4S. The number of hydrogen-bond donors (Lipinski definition) is 1. The number of carbonyl (C=O) groups excluding carboxylic acids is 1. The summed E-state index contributed by atoms with van der Waals surface area (Å²) in [7, 11) is -3.90. The summed E-state index contributed by atoms with van der Waals surface area (Å²) in [6, 6.07) is 7.38. The van der Waals surface area contributed by atoms with Gasteiger partial charge in [0.2, 0.25) is 5.82 Å². The predicted octanol–water partition coefficient (Wildman–Crippen LogP) is 2.99. The lowest BCUT2D eigenvalue weighted by Gasteiger charge is -2.36. The van der Waals surface area contributed by atoms with Crippen LogP contribution in [0.5, 0.6) is 5.75 Å². The lowest BCUT2D eigenvalue weighted by atomic mass is 10.2. The number of rotatable bonds is 7. The van der Waals surface area contributed by atoms with Crippen molar-refractivity contribution >= 4 is 39.0 Å². The van der Waals surface area contributed by atoms with Crippen LogP contribution in [0.1, 0.15) is 25.1 Å². The van der Waals surface area contributed by atoms with E-state index in [0.29, 0.717) is 6.04 Å². The van der Waals surface area contributed by atoms with E-state index in [2.05, 4.69) is 19.8 Å². The Balaban J connectivity index is 1.28. The van der Waals surface area contributed by atoms with Crippen molar-refractivity contribution in [2.45, 2.75) is 41.6 Å². The van der Waals surface area contributed by atoms with Gasteiger partial charge in [0, 0.05) is 51.0 Å². The Hall–Kier alpha value is -3.35. The zero-order valence-corrected chi connectivity index (χ0v) is 23.3. The molecule has 220 valence electrons. The standard InChI is InChI=1S/C25H27ClF3N7O4S/c26-19-11-17(35-9-7-34(8-10-35)16-1-2-16)3-4-21(19)41(38,39)18-5-6-36(14-18)23-20(13-31-22(12-30)33-23)40-24(37)32-15-25(27,28)29/h3-4,11,13,16,18H,1-2,5-10,14-15H2,(H,32,37)/t18-/m0/s1. The maximum atomic E-state index is 13.6. The lowest BCUT2D eigenvalue weighted by molar-refractivity contribution is -0.123. The number of anilines is 2. The Bertz CT molecular complexity index is 1460. The Morgan fingerprint density at radius 1 is 1.15 bits per heavy atom. The molecule has 0 unspecified atom stereocenters. The molecule has 3 aliphatic rings. The Labute approximate surface area is 239 Å². The minimum Gasteiger partial charge on any atom is -0.405 e. The second-order valence-electron chi connectivity index (χ2n) is 10.1. The van der Waals surface area contributed by atoms with E-state index < -0.39 is 33.9 Å². The molecule has 1 aliphatic carbocycles. The van der Waals surface area contributed by atoms with E-state index in [9.17, 15) is 31.6 Å². The zero-order chi connectivity index (χ0) is 29.4. The summed E-state index contributed by atoms with van der Waals surface area (Å²) in [5.74, 6) is -0.681. The van der Waals surface area contributed by atoms with Crippen molar-refractivity contribution < 1.29 is 31.1 Å². The number of benzene rings is 1. The van der Waals surface area contributed by atoms with Crippen molar-refractivity contribution in [1.29, 1.82) is 5.26 Å². The van der Waals surface area contributed by atoms with Crippen molar-refractivity contribution in [3.8, 4) is 11.8 Å². The number of hydrogen-bond acceptors (Lipinski definition) is 10. The molecule has 2 aliphatic heterocycles. The van der Waals surface area contributed by atoms with Gasteiger partial charge in [-0.15, -0.1) is 0 Å². The highest BCUT2D eigenvalue weighted by Gasteiger charge is 2.38. The van der Waals surface area contributed by atoms with Crippen LogP contribution >= 0.6 is 11.6 Å². The average molecular weight is 614 g/mol. The molecule has 41 heavy (non-hydrogen) atoms. The van der Waals surface area contributed by atoms with Crippen molar-refractivity contribution in [1.82, 2.24) is 20.2 Å². The normalized spacial score (nSPS) is 20.1. The van der Waals surface area contributed by atoms with E-state index in [0.717, 1.165) is 38.1 Å². The monoisotopic (exact) mass is 613 g/mol. The lowest BCUT2D eigenvalue weighted by Crippen LogP contribution is -2.47. The van der Waals surface area contributed by atoms with E-state index in [1.807, 2.05) is 0 Å². The number of piperazine rings is 1. The molecule has 1 amide bonds. The van der Waals surface area contributed by atoms with Crippen LogP contribution in [-0.2, 0) is 9.84 Å². The van der Waals surface area contributed by atoms with Crippen LogP contribution in [0.4, 0.5) is 29.5 Å². The number of alkyl halides is 3. The largest absolute Gasteiger partial charge is 0.413 e. The van der Waals surface area contributed by atoms with Gasteiger partial charge < -0.3 is 19.9 Å². The summed E-state index contributed by atoms with van der Waals surface area (Å²) < 4.78 is 69.5. The van der Waals surface area contributed by atoms with E-state index >= 15 is 0 Å². The summed E-state index contributed by atoms with van der Waals surface area (Å²) in [5, 5.41) is 10.0. The maximum absolute atomic E-state index is 13.6. The third kappa shape index (κ3) is 6.77. The molecule has 1 aromatic heterocycles. The fourth-order valence-electron chi connectivity index (χ4n) is 5.08. The number of aromatic nitrogens is 2. The molecular weight excluding hydrogens is 587 g/mol. The highest BCUT2D eigenvalue weighted by Crippen LogP contribution is 2.36. The molecule has 16 heteroatoms. The van der Waals surface area contributed by atoms with Crippen LogP contribution in [0, 0.1) is 11.3 Å². The van der Waals surface area contributed by atoms with Crippen molar-refractivity contribution in [3.05, 3.63) is 35.2 Å². The van der Waals surface area contributed by atoms with Crippen LogP contribution in [-0.4, -0.2) is 92.7 Å². The first-order valence-electron chi connectivity index (χ1n) is 13.0. The molecule has 5 rings (SSSR count). The van der Waals surface area contributed by atoms with Crippen LogP contribution in [0.2, 0.25) is 5.02 Å². The summed E-state index contributed by atoms with van der Waals surface area (Å²) in [4.78, 5) is 25.8. The Morgan fingerprint density at radius 2 is 1.88 bits per heavy atom. The Kier molecular flexibility index (Phi) is 8.18. The van der Waals surface area contributed by atoms with Crippen molar-refractivity contribution in [3.63, 3.8) is 0 Å². The van der Waals surface area contributed by atoms with Gasteiger partial charge >= 0.3 is 12.3 Å². The van der Waals surface area contributed by atoms with Gasteiger partial charge in [0.25, 0.3) is 0 Å². The van der Waals surface area contributed by atoms with Crippen LogP contribution in [0.3, 0.4) is 0 Å². The summed E-state index contributed by atoms with van der Waals surface area (Å²) in [6.45, 7) is 2.04. The van der Waals surface area contributed by atoms with Gasteiger partial charge in [-0.1, -0.05) is 11.6 Å². The van der Waals surface area contributed by atoms with Gasteiger partial charge in [-0.05, 0) is 37.5 Å². The van der Waals surface area contributed by atoms with Gasteiger partial charge in [-0.25, -0.2) is 18.2 Å². The summed E-state index contributed by atoms with van der Waals surface area (Å²) >= 11 is 6.51. The topological polar surface area (TPSA) is 132 Å². The second kappa shape index (κ2) is 11.5. The quantitative estimate of drug-likeness (QED) is 0.497. The fraction of sp³-hybridized carbons (Fsp3) is 0.520. The number of nitriles is 1. The van der Waals surface area contributed by atoms with Gasteiger partial charge in [-0.2, -0.15) is 23.4 Å². The minimum atomic E-state index is -4.65. The molecule has 1 N–H and O–H groups in total. The van der Waals surface area contributed by atoms with E-state index in [-0.39, 0.29) is 46.8 Å². The first-order valence-corrected chi connectivity index (χ1v) is 14.9. The second-order valence-corrected chi connectivity index (χ2v) is 12.7. The SMILES string of the molecule is N#Cc1ncc(OC(=O)NCC(F)(F)F)c(N2CC[C@H](S(=O)(=O)c3ccc(N4CCN(C5CC5)CC4)cc3Cl)C2)n1. The minimum absolute atomic E-state index is 0.00483. The third-order valence-electron chi connectivity index (χ3n) is 7.32. The molecule has 3 fully saturated rings. The smallest absolute Gasteiger partial charge is 0.405 e. The highest BCUT2D eigenvalue weighted by atomic mass is 35.5. The van der Waals surface area contributed by atoms with Crippen molar-refractivity contribution in [2.75, 3.05) is 55.6 Å². The molecule has 3 heterocycles. The average Bonchev–Trinajstić information content (AvgIpc) is 3.67. The van der Waals surface area contributed by atoms with E-state index in [4.69, 9.17) is 16.3 Å². The predicted molar refractivity (Wildman–Crippen MR) is 143 cm³/mol. The summed E-state index contributed by atoms with van der Waals surface area (Å²) in [5.41, 5.74) is 0.855. The Morgan fingerprint density at radius 3 is 2.51 bits per heavy atom. The summed E-state index contributed by atoms with van der Waals surface area (Å²) in [6.07, 6.45) is -2.39. The van der Waals surface area contributed by atoms with Gasteiger partial charge in [0.05, 0.1) is 21.4 Å². The molecule has 0 spiro atoms. The number of ether oxygens (including phenoxy) is 1. The number of carbonyl (C=O) groups is 1. The zero-order valence-electron chi connectivity index (χ0n) is 21.8.